The molecule has 6 heteroatoms. The summed E-state index contributed by atoms with van der Waals surface area (Å²) in [6, 6.07) is 0. The second-order valence-corrected chi connectivity index (χ2v) is 5.59. The first-order valence-corrected chi connectivity index (χ1v) is 6.90. The van der Waals surface area contributed by atoms with E-state index in [1.165, 1.54) is 0 Å². The molecule has 0 aliphatic rings. The average Bonchev–Trinajstić information content (AvgIpc) is 2.48. The molecule has 0 spiro atoms. The second kappa shape index (κ2) is 11.4. The number of aliphatic hydroxyl groups excluding tert-OH is 5. The maximum Gasteiger partial charge on any atom is 0.0565 e. The van der Waals surface area contributed by atoms with Crippen molar-refractivity contribution < 1.29 is 30.3 Å². The first kappa shape index (κ1) is 22.0. The third-order valence-corrected chi connectivity index (χ3v) is 4.04. The van der Waals surface area contributed by atoms with E-state index in [2.05, 4.69) is 0 Å². The van der Waals surface area contributed by atoms with Gasteiger partial charge in [-0.2, -0.15) is 0 Å². The summed E-state index contributed by atoms with van der Waals surface area (Å²) >= 11 is 0. The summed E-state index contributed by atoms with van der Waals surface area (Å²) in [7, 11) is 1.57. The van der Waals surface area contributed by atoms with Crippen LogP contribution in [0.4, 0.5) is 0 Å². The minimum Gasteiger partial charge on any atom is -0.396 e. The van der Waals surface area contributed by atoms with Gasteiger partial charge in [-0.05, 0) is 12.3 Å². The third-order valence-electron chi connectivity index (χ3n) is 4.04. The average molecular weight is 296 g/mol. The molecule has 0 fully saturated rings. The molecule has 0 saturated heterocycles. The largest absolute Gasteiger partial charge is 0.396 e. The summed E-state index contributed by atoms with van der Waals surface area (Å²) in [6.07, 6.45) is 0.594. The third kappa shape index (κ3) is 6.47. The van der Waals surface area contributed by atoms with Gasteiger partial charge in [0.1, 0.15) is 0 Å². The van der Waals surface area contributed by atoms with Crippen molar-refractivity contribution in [3.8, 4) is 0 Å². The van der Waals surface area contributed by atoms with Gasteiger partial charge >= 0.3 is 0 Å². The number of hydrogen-bond donors (Lipinski definition) is 5. The summed E-state index contributed by atoms with van der Waals surface area (Å²) in [5.41, 5.74) is -1.14. The summed E-state index contributed by atoms with van der Waals surface area (Å²) in [5.74, 6) is 0.220. The fourth-order valence-electron chi connectivity index (χ4n) is 1.45. The van der Waals surface area contributed by atoms with E-state index in [4.69, 9.17) is 30.3 Å². The molecule has 0 saturated carbocycles. The van der Waals surface area contributed by atoms with Crippen LogP contribution in [0, 0.1) is 16.7 Å². The van der Waals surface area contributed by atoms with Gasteiger partial charge in [-0.15, -0.1) is 0 Å². The molecular weight excluding hydrogens is 264 g/mol. The summed E-state index contributed by atoms with van der Waals surface area (Å²) in [4.78, 5) is 0. The molecule has 0 rings (SSSR count). The lowest BCUT2D eigenvalue weighted by Gasteiger charge is -2.32. The summed E-state index contributed by atoms with van der Waals surface area (Å²) < 4.78 is 4.93. The second-order valence-electron chi connectivity index (χ2n) is 5.59. The first-order valence-electron chi connectivity index (χ1n) is 6.90. The van der Waals surface area contributed by atoms with E-state index in [1.807, 2.05) is 20.8 Å². The maximum atomic E-state index is 9.04. The minimum absolute atomic E-state index is 0.0327. The van der Waals surface area contributed by atoms with Crippen LogP contribution in [0.2, 0.25) is 0 Å². The molecular formula is C14H32O6. The number of ether oxygens (including phenoxy) is 1. The van der Waals surface area contributed by atoms with Crippen LogP contribution in [-0.4, -0.2) is 72.3 Å². The maximum absolute atomic E-state index is 9.04. The molecule has 0 aromatic carbocycles. The minimum atomic E-state index is -0.667. The van der Waals surface area contributed by atoms with Crippen LogP contribution in [0.25, 0.3) is 0 Å². The number of aliphatic hydroxyl groups is 5. The Hall–Kier alpha value is -0.240. The van der Waals surface area contributed by atoms with Gasteiger partial charge in [-0.25, -0.2) is 0 Å². The smallest absolute Gasteiger partial charge is 0.0565 e. The zero-order chi connectivity index (χ0) is 16.2. The summed E-state index contributed by atoms with van der Waals surface area (Å²) in [6.45, 7) is 5.62. The van der Waals surface area contributed by atoms with E-state index >= 15 is 0 Å². The molecule has 0 radical (unpaired) electrons. The van der Waals surface area contributed by atoms with E-state index in [0.717, 1.165) is 0 Å². The van der Waals surface area contributed by atoms with E-state index in [-0.39, 0.29) is 39.0 Å². The molecule has 0 aliphatic heterocycles. The Kier molecular flexibility index (Phi) is 12.6. The van der Waals surface area contributed by atoms with Crippen LogP contribution in [-0.2, 0) is 4.74 Å². The monoisotopic (exact) mass is 296 g/mol. The molecule has 0 aromatic rings. The molecule has 0 aromatic heterocycles. The van der Waals surface area contributed by atoms with Gasteiger partial charge in [0.2, 0.25) is 0 Å². The molecule has 6 nitrogen and oxygen atoms in total. The van der Waals surface area contributed by atoms with Gasteiger partial charge in [0.15, 0.2) is 0 Å². The highest BCUT2D eigenvalue weighted by Gasteiger charge is 2.32. The van der Waals surface area contributed by atoms with Crippen LogP contribution < -0.4 is 0 Å². The van der Waals surface area contributed by atoms with Crippen molar-refractivity contribution in [3.63, 3.8) is 0 Å². The number of rotatable bonds is 9. The van der Waals surface area contributed by atoms with E-state index in [0.29, 0.717) is 13.0 Å². The molecule has 5 N–H and O–H groups in total. The van der Waals surface area contributed by atoms with Crippen LogP contribution in [0.5, 0.6) is 0 Å². The van der Waals surface area contributed by atoms with Crippen LogP contribution in [0.3, 0.4) is 0 Å². The van der Waals surface area contributed by atoms with Crippen molar-refractivity contribution in [2.45, 2.75) is 27.2 Å². The molecule has 0 heterocycles. The van der Waals surface area contributed by atoms with Crippen molar-refractivity contribution in [2.24, 2.45) is 16.7 Å². The van der Waals surface area contributed by atoms with Gasteiger partial charge in [-0.3, -0.25) is 0 Å². The number of hydrogen-bond acceptors (Lipinski definition) is 6. The topological polar surface area (TPSA) is 110 Å². The van der Waals surface area contributed by atoms with Crippen molar-refractivity contribution in [3.05, 3.63) is 0 Å². The van der Waals surface area contributed by atoms with Gasteiger partial charge in [0, 0.05) is 17.9 Å². The lowest BCUT2D eigenvalue weighted by molar-refractivity contribution is -0.0420. The zero-order valence-corrected chi connectivity index (χ0v) is 13.2. The van der Waals surface area contributed by atoms with Gasteiger partial charge < -0.3 is 30.3 Å². The fraction of sp³-hybridized carbons (Fsp3) is 1.00. The summed E-state index contributed by atoms with van der Waals surface area (Å²) in [5, 5.41) is 44.0. The van der Waals surface area contributed by atoms with Gasteiger partial charge in [0.25, 0.3) is 0 Å². The molecule has 0 amide bonds. The molecule has 0 atom stereocenters. The van der Waals surface area contributed by atoms with E-state index < -0.39 is 10.8 Å². The Bertz CT molecular complexity index is 194. The standard InChI is InChI=1S/C8H18O3.C6H14O3/c1-7(2)8(4-9,5-10)6-11-3;1-2-6(3-7,4-8)5-9/h7,9-10H,4-6H2,1-3H3;7-9H,2-5H2,1H3. The Morgan fingerprint density at radius 1 is 0.850 bits per heavy atom. The normalized spacial score (nSPS) is 12.3. The van der Waals surface area contributed by atoms with Crippen molar-refractivity contribution in [1.82, 2.24) is 0 Å². The molecule has 124 valence electrons. The Morgan fingerprint density at radius 3 is 1.30 bits per heavy atom. The lowest BCUT2D eigenvalue weighted by Crippen LogP contribution is -2.39. The Balaban J connectivity index is 0. The number of methoxy groups -OCH3 is 1. The Labute approximate surface area is 122 Å². The van der Waals surface area contributed by atoms with Crippen LogP contribution in [0.15, 0.2) is 0 Å². The molecule has 0 bridgehead atoms. The predicted molar refractivity (Wildman–Crippen MR) is 77.3 cm³/mol. The highest BCUT2D eigenvalue weighted by molar-refractivity contribution is 4.80. The Morgan fingerprint density at radius 2 is 1.25 bits per heavy atom. The first-order chi connectivity index (χ1) is 9.37. The highest BCUT2D eigenvalue weighted by atomic mass is 16.5. The lowest BCUT2D eigenvalue weighted by atomic mass is 9.79. The van der Waals surface area contributed by atoms with E-state index in [1.54, 1.807) is 7.11 Å². The van der Waals surface area contributed by atoms with E-state index in [9.17, 15) is 0 Å². The highest BCUT2D eigenvalue weighted by Crippen LogP contribution is 2.26. The van der Waals surface area contributed by atoms with Crippen LogP contribution >= 0.6 is 0 Å². The van der Waals surface area contributed by atoms with Crippen molar-refractivity contribution >= 4 is 0 Å². The molecule has 0 aliphatic carbocycles. The molecule has 0 unspecified atom stereocenters. The van der Waals surface area contributed by atoms with Gasteiger partial charge in [0.05, 0.1) is 39.6 Å². The zero-order valence-electron chi connectivity index (χ0n) is 13.2. The quantitative estimate of drug-likeness (QED) is 0.397. The van der Waals surface area contributed by atoms with Crippen molar-refractivity contribution in [1.29, 1.82) is 0 Å². The fourth-order valence-corrected chi connectivity index (χ4v) is 1.45. The predicted octanol–water partition coefficient (Wildman–Crippen LogP) is -0.381. The van der Waals surface area contributed by atoms with Crippen molar-refractivity contribution in [2.75, 3.05) is 46.8 Å². The van der Waals surface area contributed by atoms with Gasteiger partial charge in [-0.1, -0.05) is 20.8 Å². The SMILES string of the molecule is CCC(CO)(CO)CO.COCC(CO)(CO)C(C)C. The molecule has 20 heavy (non-hydrogen) atoms. The van der Waals surface area contributed by atoms with Crippen LogP contribution in [0.1, 0.15) is 27.2 Å².